The summed E-state index contributed by atoms with van der Waals surface area (Å²) < 4.78 is 0. The van der Waals surface area contributed by atoms with Crippen LogP contribution in [0, 0.1) is 6.92 Å². The molecule has 3 heteroatoms. The lowest BCUT2D eigenvalue weighted by molar-refractivity contribution is 0.104. The van der Waals surface area contributed by atoms with Crippen LogP contribution in [0.2, 0.25) is 0 Å². The fourth-order valence-electron chi connectivity index (χ4n) is 0.916. The van der Waals surface area contributed by atoms with Crippen molar-refractivity contribution in [1.82, 2.24) is 9.88 Å². The largest absolute Gasteiger partial charge is 0.383 e. The van der Waals surface area contributed by atoms with Gasteiger partial charge in [-0.1, -0.05) is 6.07 Å². The third kappa shape index (κ3) is 3.01. The van der Waals surface area contributed by atoms with Gasteiger partial charge in [-0.05, 0) is 18.6 Å². The van der Waals surface area contributed by atoms with E-state index in [1.54, 1.807) is 18.5 Å². The average Bonchev–Trinajstić information content (AvgIpc) is 2.15. The van der Waals surface area contributed by atoms with Gasteiger partial charge >= 0.3 is 0 Å². The van der Waals surface area contributed by atoms with Crippen LogP contribution in [0.4, 0.5) is 0 Å². The van der Waals surface area contributed by atoms with Crippen LogP contribution in [-0.2, 0) is 0 Å². The molecule has 0 aromatic carbocycles. The molecule has 0 saturated carbocycles. The molecule has 0 bridgehead atoms. The second-order valence-corrected chi connectivity index (χ2v) is 3.36. The first-order valence-corrected chi connectivity index (χ1v) is 4.41. The van der Waals surface area contributed by atoms with Gasteiger partial charge in [0.1, 0.15) is 5.69 Å². The highest BCUT2D eigenvalue weighted by Crippen LogP contribution is 2.00. The molecule has 0 amide bonds. The molecular formula is C11H14N2O. The van der Waals surface area contributed by atoms with Crippen molar-refractivity contribution >= 4 is 5.78 Å². The molecule has 14 heavy (non-hydrogen) atoms. The Morgan fingerprint density at radius 3 is 2.64 bits per heavy atom. The zero-order valence-electron chi connectivity index (χ0n) is 8.69. The molecule has 0 N–H and O–H groups in total. The maximum absolute atomic E-state index is 11.5. The van der Waals surface area contributed by atoms with Crippen LogP contribution in [0.25, 0.3) is 0 Å². The number of allylic oxidation sites excluding steroid dienone is 1. The predicted molar refractivity (Wildman–Crippen MR) is 56.1 cm³/mol. The quantitative estimate of drug-likeness (QED) is 0.536. The second kappa shape index (κ2) is 4.56. The van der Waals surface area contributed by atoms with Crippen LogP contribution in [0.5, 0.6) is 0 Å². The SMILES string of the molecule is Cc1ccc(C(=O)/C=C/N(C)C)nc1. The molecule has 3 nitrogen and oxygen atoms in total. The van der Waals surface area contributed by atoms with E-state index in [0.29, 0.717) is 5.69 Å². The van der Waals surface area contributed by atoms with Gasteiger partial charge in [0, 0.05) is 32.6 Å². The Kier molecular flexibility index (Phi) is 3.40. The maximum atomic E-state index is 11.5. The van der Waals surface area contributed by atoms with Crippen LogP contribution in [-0.4, -0.2) is 29.8 Å². The van der Waals surface area contributed by atoms with E-state index in [9.17, 15) is 4.79 Å². The number of ketones is 1. The van der Waals surface area contributed by atoms with E-state index >= 15 is 0 Å². The number of hydrogen-bond donors (Lipinski definition) is 0. The molecule has 0 atom stereocenters. The van der Waals surface area contributed by atoms with Crippen LogP contribution >= 0.6 is 0 Å². The molecule has 0 saturated heterocycles. The van der Waals surface area contributed by atoms with Crippen molar-refractivity contribution in [3.05, 3.63) is 41.9 Å². The monoisotopic (exact) mass is 190 g/mol. The Morgan fingerprint density at radius 1 is 1.43 bits per heavy atom. The molecule has 0 aliphatic heterocycles. The Balaban J connectivity index is 2.75. The van der Waals surface area contributed by atoms with Gasteiger partial charge in [-0.15, -0.1) is 0 Å². The number of aromatic nitrogens is 1. The number of nitrogens with zero attached hydrogens (tertiary/aromatic N) is 2. The molecule has 74 valence electrons. The van der Waals surface area contributed by atoms with Crippen molar-refractivity contribution in [2.75, 3.05) is 14.1 Å². The summed E-state index contributed by atoms with van der Waals surface area (Å²) in [5, 5.41) is 0. The van der Waals surface area contributed by atoms with Crippen molar-refractivity contribution in [2.24, 2.45) is 0 Å². The standard InChI is InChI=1S/C11H14N2O/c1-9-4-5-10(12-8-9)11(14)6-7-13(2)3/h4-8H,1-3H3/b7-6+. The number of rotatable bonds is 3. The highest BCUT2D eigenvalue weighted by atomic mass is 16.1. The molecule has 1 heterocycles. The predicted octanol–water partition coefficient (Wildman–Crippen LogP) is 1.65. The van der Waals surface area contributed by atoms with Crippen molar-refractivity contribution < 1.29 is 4.79 Å². The molecule has 0 unspecified atom stereocenters. The number of carbonyl (C=O) groups excluding carboxylic acids is 1. The van der Waals surface area contributed by atoms with E-state index < -0.39 is 0 Å². The molecule has 0 aliphatic rings. The van der Waals surface area contributed by atoms with Crippen molar-refractivity contribution in [3.8, 4) is 0 Å². The minimum atomic E-state index is -0.0706. The van der Waals surface area contributed by atoms with Crippen LogP contribution in [0.1, 0.15) is 16.1 Å². The summed E-state index contributed by atoms with van der Waals surface area (Å²) in [4.78, 5) is 17.3. The fraction of sp³-hybridized carbons (Fsp3) is 0.273. The smallest absolute Gasteiger partial charge is 0.205 e. The second-order valence-electron chi connectivity index (χ2n) is 3.36. The Hall–Kier alpha value is -1.64. The molecule has 1 rings (SSSR count). The summed E-state index contributed by atoms with van der Waals surface area (Å²) in [5.41, 5.74) is 1.53. The van der Waals surface area contributed by atoms with E-state index in [1.165, 1.54) is 6.08 Å². The van der Waals surface area contributed by atoms with Crippen molar-refractivity contribution in [3.63, 3.8) is 0 Å². The van der Waals surface area contributed by atoms with E-state index in [0.717, 1.165) is 5.56 Å². The minimum Gasteiger partial charge on any atom is -0.383 e. The van der Waals surface area contributed by atoms with Gasteiger partial charge in [0.15, 0.2) is 0 Å². The topological polar surface area (TPSA) is 33.2 Å². The number of pyridine rings is 1. The highest BCUT2D eigenvalue weighted by molar-refractivity contribution is 6.02. The molecule has 1 aromatic heterocycles. The van der Waals surface area contributed by atoms with E-state index in [2.05, 4.69) is 4.98 Å². The lowest BCUT2D eigenvalue weighted by Crippen LogP contribution is -2.04. The molecule has 0 spiro atoms. The fourth-order valence-corrected chi connectivity index (χ4v) is 0.916. The zero-order chi connectivity index (χ0) is 10.6. The van der Waals surface area contributed by atoms with Crippen molar-refractivity contribution in [1.29, 1.82) is 0 Å². The lowest BCUT2D eigenvalue weighted by Gasteiger charge is -2.02. The number of hydrogen-bond acceptors (Lipinski definition) is 3. The zero-order valence-corrected chi connectivity index (χ0v) is 8.69. The summed E-state index contributed by atoms with van der Waals surface area (Å²) in [6.07, 6.45) is 4.91. The Morgan fingerprint density at radius 2 is 2.14 bits per heavy atom. The van der Waals surface area contributed by atoms with Crippen LogP contribution in [0.3, 0.4) is 0 Å². The molecule has 0 aliphatic carbocycles. The summed E-state index contributed by atoms with van der Waals surface area (Å²) in [7, 11) is 3.73. The van der Waals surface area contributed by atoms with Gasteiger partial charge in [-0.2, -0.15) is 0 Å². The van der Waals surface area contributed by atoms with E-state index in [4.69, 9.17) is 0 Å². The molecule has 0 radical (unpaired) electrons. The first kappa shape index (κ1) is 10.4. The summed E-state index contributed by atoms with van der Waals surface area (Å²) >= 11 is 0. The van der Waals surface area contributed by atoms with Crippen LogP contribution < -0.4 is 0 Å². The Labute approximate surface area is 84.1 Å². The highest BCUT2D eigenvalue weighted by Gasteiger charge is 2.01. The van der Waals surface area contributed by atoms with Gasteiger partial charge in [0.05, 0.1) is 0 Å². The van der Waals surface area contributed by atoms with Crippen molar-refractivity contribution in [2.45, 2.75) is 6.92 Å². The maximum Gasteiger partial charge on any atom is 0.205 e. The normalized spacial score (nSPS) is 10.5. The summed E-state index contributed by atoms with van der Waals surface area (Å²) in [6.45, 7) is 1.94. The third-order valence-electron chi connectivity index (χ3n) is 1.69. The summed E-state index contributed by atoms with van der Waals surface area (Å²) in [5.74, 6) is -0.0706. The molecule has 1 aromatic rings. The Bertz CT molecular complexity index is 339. The molecule has 0 fully saturated rings. The molecular weight excluding hydrogens is 176 g/mol. The van der Waals surface area contributed by atoms with Gasteiger partial charge in [-0.3, -0.25) is 9.78 Å². The third-order valence-corrected chi connectivity index (χ3v) is 1.69. The number of carbonyl (C=O) groups is 1. The number of aryl methyl sites for hydroxylation is 1. The average molecular weight is 190 g/mol. The van der Waals surface area contributed by atoms with E-state index in [-0.39, 0.29) is 5.78 Å². The van der Waals surface area contributed by atoms with Gasteiger partial charge in [0.25, 0.3) is 0 Å². The van der Waals surface area contributed by atoms with Gasteiger partial charge < -0.3 is 4.90 Å². The minimum absolute atomic E-state index is 0.0706. The summed E-state index contributed by atoms with van der Waals surface area (Å²) in [6, 6.07) is 3.61. The first-order valence-electron chi connectivity index (χ1n) is 4.41. The van der Waals surface area contributed by atoms with Crippen LogP contribution in [0.15, 0.2) is 30.6 Å². The van der Waals surface area contributed by atoms with Gasteiger partial charge in [-0.25, -0.2) is 0 Å². The van der Waals surface area contributed by atoms with E-state index in [1.807, 2.05) is 32.0 Å². The first-order chi connectivity index (χ1) is 6.59. The van der Waals surface area contributed by atoms with Gasteiger partial charge in [0.2, 0.25) is 5.78 Å². The lowest BCUT2D eigenvalue weighted by atomic mass is 10.2.